The van der Waals surface area contributed by atoms with E-state index in [9.17, 15) is 13.2 Å². The largest absolute Gasteiger partial charge is 0.497 e. The molecule has 8 heteroatoms. The third-order valence-corrected chi connectivity index (χ3v) is 5.48. The van der Waals surface area contributed by atoms with Crippen LogP contribution in [0.3, 0.4) is 0 Å². The Morgan fingerprint density at radius 2 is 2.08 bits per heavy atom. The molecule has 0 radical (unpaired) electrons. The fourth-order valence-electron chi connectivity index (χ4n) is 2.96. The van der Waals surface area contributed by atoms with Crippen molar-refractivity contribution in [3.05, 3.63) is 29.8 Å². The number of carbonyl (C=O) groups is 1. The van der Waals surface area contributed by atoms with Crippen molar-refractivity contribution in [1.29, 1.82) is 0 Å². The molecule has 0 saturated heterocycles. The summed E-state index contributed by atoms with van der Waals surface area (Å²) in [6.45, 7) is -0.209. The topological polar surface area (TPSA) is 88.1 Å². The molecule has 2 rings (SSSR count). The lowest BCUT2D eigenvalue weighted by atomic mass is 9.95. The van der Waals surface area contributed by atoms with Gasteiger partial charge < -0.3 is 4.74 Å². The molecule has 1 aromatic carbocycles. The maximum absolute atomic E-state index is 12.1. The van der Waals surface area contributed by atoms with E-state index in [2.05, 4.69) is 10.5 Å². The van der Waals surface area contributed by atoms with Crippen LogP contribution in [0.2, 0.25) is 0 Å². The van der Waals surface area contributed by atoms with Crippen LogP contribution in [0.15, 0.2) is 29.4 Å². The number of amides is 1. The van der Waals surface area contributed by atoms with Crippen molar-refractivity contribution in [1.82, 2.24) is 9.73 Å². The highest BCUT2D eigenvalue weighted by molar-refractivity contribution is 7.88. The molecule has 0 aromatic heterocycles. The summed E-state index contributed by atoms with van der Waals surface area (Å²) in [5.74, 6) is 0.242. The van der Waals surface area contributed by atoms with Gasteiger partial charge in [-0.3, -0.25) is 4.79 Å². The number of benzene rings is 1. The van der Waals surface area contributed by atoms with Crippen LogP contribution in [-0.4, -0.2) is 50.8 Å². The summed E-state index contributed by atoms with van der Waals surface area (Å²) in [7, 11) is -1.87. The molecular formula is C17H25N3O4S. The van der Waals surface area contributed by atoms with Gasteiger partial charge in [-0.05, 0) is 30.5 Å². The molecule has 1 saturated carbocycles. The predicted octanol–water partition coefficient (Wildman–Crippen LogP) is 1.74. The maximum atomic E-state index is 12.1. The molecule has 7 nitrogen and oxygen atoms in total. The Kier molecular flexibility index (Phi) is 6.95. The molecule has 0 unspecified atom stereocenters. The lowest BCUT2D eigenvalue weighted by molar-refractivity contribution is -0.121. The van der Waals surface area contributed by atoms with Crippen LogP contribution in [0.4, 0.5) is 0 Å². The summed E-state index contributed by atoms with van der Waals surface area (Å²) in [5, 5.41) is 3.90. The number of rotatable bonds is 7. The number of hydrazone groups is 1. The summed E-state index contributed by atoms with van der Waals surface area (Å²) in [5.41, 5.74) is 3.16. The average Bonchev–Trinajstić information content (AvgIpc) is 2.59. The molecule has 0 bridgehead atoms. The highest BCUT2D eigenvalue weighted by Crippen LogP contribution is 2.24. The van der Waals surface area contributed by atoms with E-state index in [1.54, 1.807) is 13.2 Å². The lowest BCUT2D eigenvalue weighted by Gasteiger charge is -2.31. The molecule has 1 aliphatic rings. The molecule has 0 aliphatic heterocycles. The summed E-state index contributed by atoms with van der Waals surface area (Å²) >= 11 is 0. The molecule has 1 aliphatic carbocycles. The highest BCUT2D eigenvalue weighted by atomic mass is 32.2. The number of hydrogen-bond acceptors (Lipinski definition) is 5. The van der Waals surface area contributed by atoms with Gasteiger partial charge in [-0.25, -0.2) is 13.8 Å². The van der Waals surface area contributed by atoms with Crippen molar-refractivity contribution < 1.29 is 17.9 Å². The van der Waals surface area contributed by atoms with Crippen LogP contribution in [0.1, 0.15) is 37.7 Å². The van der Waals surface area contributed by atoms with E-state index in [4.69, 9.17) is 4.74 Å². The van der Waals surface area contributed by atoms with Crippen molar-refractivity contribution in [3.63, 3.8) is 0 Å². The van der Waals surface area contributed by atoms with Crippen molar-refractivity contribution in [2.75, 3.05) is 19.9 Å². The van der Waals surface area contributed by atoms with Gasteiger partial charge in [0.05, 0.1) is 26.1 Å². The normalized spacial score (nSPS) is 16.3. The quantitative estimate of drug-likeness (QED) is 0.587. The monoisotopic (exact) mass is 367 g/mol. The average molecular weight is 367 g/mol. The van der Waals surface area contributed by atoms with E-state index in [0.717, 1.165) is 43.9 Å². The number of carbonyl (C=O) groups excluding carboxylic acids is 1. The molecule has 0 spiro atoms. The van der Waals surface area contributed by atoms with Crippen LogP contribution < -0.4 is 10.2 Å². The van der Waals surface area contributed by atoms with Crippen LogP contribution in [-0.2, 0) is 14.8 Å². The Morgan fingerprint density at radius 1 is 1.36 bits per heavy atom. The SMILES string of the molecule is COc1cccc(C=NNC(=O)CN(C2CCCCC2)S(C)(=O)=O)c1. The smallest absolute Gasteiger partial charge is 0.255 e. The van der Waals surface area contributed by atoms with Crippen molar-refractivity contribution >= 4 is 22.1 Å². The molecule has 0 atom stereocenters. The summed E-state index contributed by atoms with van der Waals surface area (Å²) in [6, 6.07) is 7.13. The second-order valence-electron chi connectivity index (χ2n) is 6.17. The maximum Gasteiger partial charge on any atom is 0.255 e. The van der Waals surface area contributed by atoms with Gasteiger partial charge in [0, 0.05) is 6.04 Å². The number of hydrogen-bond donors (Lipinski definition) is 1. The zero-order chi connectivity index (χ0) is 18.3. The molecule has 1 N–H and O–H groups in total. The van der Waals surface area contributed by atoms with Gasteiger partial charge in [0.15, 0.2) is 0 Å². The molecular weight excluding hydrogens is 342 g/mol. The third-order valence-electron chi connectivity index (χ3n) is 4.20. The van der Waals surface area contributed by atoms with Gasteiger partial charge in [0.2, 0.25) is 10.0 Å². The van der Waals surface area contributed by atoms with E-state index in [-0.39, 0.29) is 12.6 Å². The first-order valence-electron chi connectivity index (χ1n) is 8.33. The first kappa shape index (κ1) is 19.4. The summed E-state index contributed by atoms with van der Waals surface area (Å²) in [4.78, 5) is 12.1. The summed E-state index contributed by atoms with van der Waals surface area (Å²) in [6.07, 6.45) is 7.34. The zero-order valence-electron chi connectivity index (χ0n) is 14.6. The van der Waals surface area contributed by atoms with Gasteiger partial charge in [-0.1, -0.05) is 31.4 Å². The van der Waals surface area contributed by atoms with Gasteiger partial charge >= 0.3 is 0 Å². The number of nitrogens with zero attached hydrogens (tertiary/aromatic N) is 2. The molecule has 0 heterocycles. The number of sulfonamides is 1. The molecule has 1 amide bonds. The predicted molar refractivity (Wildman–Crippen MR) is 97.2 cm³/mol. The second-order valence-corrected chi connectivity index (χ2v) is 8.10. The second kappa shape index (κ2) is 8.96. The van der Waals surface area contributed by atoms with Gasteiger partial charge in [0.25, 0.3) is 5.91 Å². The van der Waals surface area contributed by atoms with E-state index in [1.165, 1.54) is 10.5 Å². The Morgan fingerprint density at radius 3 is 2.72 bits per heavy atom. The van der Waals surface area contributed by atoms with Crippen LogP contribution in [0, 0.1) is 0 Å². The van der Waals surface area contributed by atoms with E-state index in [1.807, 2.05) is 18.2 Å². The first-order valence-corrected chi connectivity index (χ1v) is 10.2. The van der Waals surface area contributed by atoms with Crippen LogP contribution in [0.5, 0.6) is 5.75 Å². The molecule has 25 heavy (non-hydrogen) atoms. The van der Waals surface area contributed by atoms with Crippen molar-refractivity contribution in [2.24, 2.45) is 5.10 Å². The number of methoxy groups -OCH3 is 1. The van der Waals surface area contributed by atoms with Crippen LogP contribution in [0.25, 0.3) is 0 Å². The standard InChI is InChI=1S/C17H25N3O4S/c1-24-16-10-6-7-14(11-16)12-18-19-17(21)13-20(25(2,22)23)15-8-4-3-5-9-15/h6-7,10-12,15H,3-5,8-9,13H2,1-2H3,(H,19,21). The van der Waals surface area contributed by atoms with E-state index < -0.39 is 15.9 Å². The Labute approximate surface area is 149 Å². The van der Waals surface area contributed by atoms with Gasteiger partial charge in [-0.2, -0.15) is 9.41 Å². The zero-order valence-corrected chi connectivity index (χ0v) is 15.5. The van der Waals surface area contributed by atoms with Crippen LogP contribution >= 0.6 is 0 Å². The van der Waals surface area contributed by atoms with Gasteiger partial charge in [-0.15, -0.1) is 0 Å². The number of ether oxygens (including phenoxy) is 1. The minimum absolute atomic E-state index is 0.100. The van der Waals surface area contributed by atoms with E-state index in [0.29, 0.717) is 5.75 Å². The highest BCUT2D eigenvalue weighted by Gasteiger charge is 2.29. The molecule has 1 fully saturated rings. The first-order chi connectivity index (χ1) is 11.9. The number of nitrogens with one attached hydrogen (secondary N) is 1. The Balaban J connectivity index is 1.95. The fraction of sp³-hybridized carbons (Fsp3) is 0.529. The van der Waals surface area contributed by atoms with E-state index >= 15 is 0 Å². The minimum atomic E-state index is -3.44. The summed E-state index contributed by atoms with van der Waals surface area (Å²) < 4.78 is 30.5. The Bertz CT molecular complexity index is 712. The van der Waals surface area contributed by atoms with Gasteiger partial charge in [0.1, 0.15) is 5.75 Å². The Hall–Kier alpha value is -1.93. The molecule has 1 aromatic rings. The van der Waals surface area contributed by atoms with Crippen molar-refractivity contribution in [3.8, 4) is 5.75 Å². The fourth-order valence-corrected chi connectivity index (χ4v) is 4.07. The molecule has 138 valence electrons. The third kappa shape index (κ3) is 6.13. The van der Waals surface area contributed by atoms with Crippen molar-refractivity contribution in [2.45, 2.75) is 38.1 Å². The minimum Gasteiger partial charge on any atom is -0.497 e. The lowest BCUT2D eigenvalue weighted by Crippen LogP contribution is -2.45.